The molecule has 7 heteroatoms. The Hall–Kier alpha value is -1.73. The third kappa shape index (κ3) is 2.79. The molecule has 4 rings (SSSR count). The van der Waals surface area contributed by atoms with Crippen LogP contribution in [0.2, 0.25) is 0 Å². The SMILES string of the molecule is CCOC(=O)c1cnc(N2CC3C(C2)C3N2CCOCC2)nc1. The van der Waals surface area contributed by atoms with Crippen molar-refractivity contribution in [2.24, 2.45) is 11.8 Å². The van der Waals surface area contributed by atoms with Gasteiger partial charge in [0.15, 0.2) is 0 Å². The van der Waals surface area contributed by atoms with Crippen molar-refractivity contribution in [1.29, 1.82) is 0 Å². The number of carbonyl (C=O) groups is 1. The summed E-state index contributed by atoms with van der Waals surface area (Å²) in [4.78, 5) is 25.1. The second-order valence-electron chi connectivity index (χ2n) is 6.36. The van der Waals surface area contributed by atoms with Crippen LogP contribution in [0.3, 0.4) is 0 Å². The molecule has 1 aromatic heterocycles. The Bertz CT molecular complexity index is 561. The van der Waals surface area contributed by atoms with Gasteiger partial charge >= 0.3 is 5.97 Å². The minimum atomic E-state index is -0.365. The lowest BCUT2D eigenvalue weighted by Crippen LogP contribution is -2.42. The standard InChI is InChI=1S/C16H22N4O3/c1-2-23-15(21)11-7-17-16(18-8-11)20-9-12-13(10-20)14(12)19-3-5-22-6-4-19/h7-8,12-14H,2-6,9-10H2,1H3. The van der Waals surface area contributed by atoms with E-state index in [2.05, 4.69) is 19.8 Å². The van der Waals surface area contributed by atoms with Crippen LogP contribution < -0.4 is 4.90 Å². The van der Waals surface area contributed by atoms with E-state index in [1.54, 1.807) is 19.3 Å². The molecule has 1 aliphatic carbocycles. The quantitative estimate of drug-likeness (QED) is 0.745. The Morgan fingerprint density at radius 2 is 1.91 bits per heavy atom. The summed E-state index contributed by atoms with van der Waals surface area (Å²) >= 11 is 0. The van der Waals surface area contributed by atoms with E-state index >= 15 is 0 Å². The highest BCUT2D eigenvalue weighted by atomic mass is 16.5. The largest absolute Gasteiger partial charge is 0.462 e. The van der Waals surface area contributed by atoms with Gasteiger partial charge < -0.3 is 14.4 Å². The van der Waals surface area contributed by atoms with E-state index in [1.807, 2.05) is 0 Å². The lowest BCUT2D eigenvalue weighted by atomic mass is 10.3. The van der Waals surface area contributed by atoms with Crippen molar-refractivity contribution in [1.82, 2.24) is 14.9 Å². The molecular weight excluding hydrogens is 296 g/mol. The molecule has 0 N–H and O–H groups in total. The van der Waals surface area contributed by atoms with E-state index < -0.39 is 0 Å². The average Bonchev–Trinajstić information content (AvgIpc) is 3.10. The number of rotatable bonds is 4. The smallest absolute Gasteiger partial charge is 0.341 e. The second kappa shape index (κ2) is 6.05. The van der Waals surface area contributed by atoms with Crippen molar-refractivity contribution < 1.29 is 14.3 Å². The highest BCUT2D eigenvalue weighted by molar-refractivity contribution is 5.88. The fourth-order valence-electron chi connectivity index (χ4n) is 3.88. The number of anilines is 1. The zero-order chi connectivity index (χ0) is 15.8. The van der Waals surface area contributed by atoms with Crippen LogP contribution in [0.1, 0.15) is 17.3 Å². The molecular formula is C16H22N4O3. The highest BCUT2D eigenvalue weighted by Crippen LogP contribution is 2.49. The zero-order valence-corrected chi connectivity index (χ0v) is 13.4. The predicted octanol–water partition coefficient (Wildman–Crippen LogP) is 0.420. The van der Waals surface area contributed by atoms with Gasteiger partial charge in [-0.05, 0) is 18.8 Å². The Morgan fingerprint density at radius 3 is 2.52 bits per heavy atom. The Kier molecular flexibility index (Phi) is 3.90. The van der Waals surface area contributed by atoms with E-state index in [1.165, 1.54) is 0 Å². The van der Waals surface area contributed by atoms with Crippen LogP contribution in [0.15, 0.2) is 12.4 Å². The highest BCUT2D eigenvalue weighted by Gasteiger charge is 2.58. The summed E-state index contributed by atoms with van der Waals surface area (Å²) in [6, 6.07) is 0.717. The monoisotopic (exact) mass is 318 g/mol. The summed E-state index contributed by atoms with van der Waals surface area (Å²) < 4.78 is 10.4. The molecule has 2 aliphatic heterocycles. The first-order valence-electron chi connectivity index (χ1n) is 8.34. The Balaban J connectivity index is 1.34. The van der Waals surface area contributed by atoms with Gasteiger partial charge in [-0.3, -0.25) is 4.90 Å². The molecule has 3 aliphatic rings. The normalized spacial score (nSPS) is 30.1. The molecule has 1 saturated carbocycles. The molecule has 1 aromatic rings. The van der Waals surface area contributed by atoms with Crippen LogP contribution in [0, 0.1) is 11.8 Å². The molecule has 0 bridgehead atoms. The number of nitrogens with zero attached hydrogens (tertiary/aromatic N) is 4. The number of piperidine rings is 1. The first-order chi connectivity index (χ1) is 11.3. The third-order valence-corrected chi connectivity index (χ3v) is 5.05. The maximum atomic E-state index is 11.6. The molecule has 0 radical (unpaired) electrons. The van der Waals surface area contributed by atoms with E-state index in [0.717, 1.165) is 51.2 Å². The van der Waals surface area contributed by atoms with Crippen LogP contribution >= 0.6 is 0 Å². The van der Waals surface area contributed by atoms with Gasteiger partial charge in [0.2, 0.25) is 5.95 Å². The number of aromatic nitrogens is 2. The van der Waals surface area contributed by atoms with Gasteiger partial charge in [-0.25, -0.2) is 14.8 Å². The van der Waals surface area contributed by atoms with Crippen molar-refractivity contribution in [3.63, 3.8) is 0 Å². The van der Waals surface area contributed by atoms with Crippen LogP contribution in [0.25, 0.3) is 0 Å². The van der Waals surface area contributed by atoms with Crippen LogP contribution in [0.4, 0.5) is 5.95 Å². The number of hydrogen-bond acceptors (Lipinski definition) is 7. The van der Waals surface area contributed by atoms with Crippen molar-refractivity contribution in [2.75, 3.05) is 50.9 Å². The van der Waals surface area contributed by atoms with Gasteiger partial charge in [0.1, 0.15) is 0 Å². The first kappa shape index (κ1) is 14.8. The molecule has 124 valence electrons. The lowest BCUT2D eigenvalue weighted by Gasteiger charge is -2.30. The van der Waals surface area contributed by atoms with Crippen LogP contribution in [-0.4, -0.2) is 72.9 Å². The number of carbonyl (C=O) groups excluding carboxylic acids is 1. The maximum absolute atomic E-state index is 11.6. The molecule has 7 nitrogen and oxygen atoms in total. The van der Waals surface area contributed by atoms with Crippen LogP contribution in [0.5, 0.6) is 0 Å². The van der Waals surface area contributed by atoms with E-state index in [-0.39, 0.29) is 5.97 Å². The number of morpholine rings is 1. The molecule has 2 unspecified atom stereocenters. The number of esters is 1. The van der Waals surface area contributed by atoms with E-state index in [0.29, 0.717) is 24.2 Å². The molecule has 0 aromatic carbocycles. The minimum absolute atomic E-state index is 0.360. The van der Waals surface area contributed by atoms with Gasteiger partial charge in [0.25, 0.3) is 0 Å². The summed E-state index contributed by atoms with van der Waals surface area (Å²) in [7, 11) is 0. The summed E-state index contributed by atoms with van der Waals surface area (Å²) in [6.45, 7) is 7.99. The van der Waals surface area contributed by atoms with E-state index in [9.17, 15) is 4.79 Å². The minimum Gasteiger partial charge on any atom is -0.462 e. The average molecular weight is 318 g/mol. The maximum Gasteiger partial charge on any atom is 0.341 e. The number of fused-ring (bicyclic) bond motifs is 1. The summed E-state index contributed by atoms with van der Waals surface area (Å²) in [5, 5.41) is 0. The molecule has 3 heterocycles. The summed E-state index contributed by atoms with van der Waals surface area (Å²) in [6.07, 6.45) is 3.12. The predicted molar refractivity (Wildman–Crippen MR) is 83.4 cm³/mol. The lowest BCUT2D eigenvalue weighted by molar-refractivity contribution is 0.0292. The zero-order valence-electron chi connectivity index (χ0n) is 13.4. The summed E-state index contributed by atoms with van der Waals surface area (Å²) in [5.41, 5.74) is 0.408. The molecule has 3 fully saturated rings. The summed E-state index contributed by atoms with van der Waals surface area (Å²) in [5.74, 6) is 1.80. The Morgan fingerprint density at radius 1 is 1.26 bits per heavy atom. The topological polar surface area (TPSA) is 67.8 Å². The molecule has 0 spiro atoms. The molecule has 0 amide bonds. The van der Waals surface area contributed by atoms with Crippen molar-refractivity contribution in [3.05, 3.63) is 18.0 Å². The van der Waals surface area contributed by atoms with Gasteiger partial charge in [0, 0.05) is 44.6 Å². The Labute approximate surface area is 135 Å². The van der Waals surface area contributed by atoms with E-state index in [4.69, 9.17) is 9.47 Å². The van der Waals surface area contributed by atoms with Gasteiger partial charge in [-0.15, -0.1) is 0 Å². The second-order valence-corrected chi connectivity index (χ2v) is 6.36. The van der Waals surface area contributed by atoms with Gasteiger partial charge in [-0.2, -0.15) is 0 Å². The number of hydrogen-bond donors (Lipinski definition) is 0. The molecule has 2 saturated heterocycles. The van der Waals surface area contributed by atoms with Crippen molar-refractivity contribution >= 4 is 11.9 Å². The van der Waals surface area contributed by atoms with Gasteiger partial charge in [-0.1, -0.05) is 0 Å². The van der Waals surface area contributed by atoms with Crippen LogP contribution in [-0.2, 0) is 9.47 Å². The third-order valence-electron chi connectivity index (χ3n) is 5.05. The first-order valence-corrected chi connectivity index (χ1v) is 8.34. The van der Waals surface area contributed by atoms with Gasteiger partial charge in [0.05, 0.1) is 25.4 Å². The molecule has 2 atom stereocenters. The fraction of sp³-hybridized carbons (Fsp3) is 0.688. The van der Waals surface area contributed by atoms with Crippen molar-refractivity contribution in [2.45, 2.75) is 13.0 Å². The molecule has 23 heavy (non-hydrogen) atoms. The number of ether oxygens (including phenoxy) is 2. The fourth-order valence-corrected chi connectivity index (χ4v) is 3.88. The van der Waals surface area contributed by atoms with Crippen molar-refractivity contribution in [3.8, 4) is 0 Å².